The number of hydrogen-bond acceptors (Lipinski definition) is 3. The summed E-state index contributed by atoms with van der Waals surface area (Å²) in [6.07, 6.45) is 5.43. The van der Waals surface area contributed by atoms with Crippen LogP contribution in [0.4, 0.5) is 0 Å². The fourth-order valence-electron chi connectivity index (χ4n) is 2.37. The van der Waals surface area contributed by atoms with E-state index in [1.165, 1.54) is 25.1 Å². The molecule has 2 heterocycles. The van der Waals surface area contributed by atoms with Crippen LogP contribution in [0.5, 0.6) is 0 Å². The monoisotopic (exact) mass is 222 g/mol. The second-order valence-electron chi connectivity index (χ2n) is 4.68. The Morgan fingerprint density at radius 3 is 3.19 bits per heavy atom. The number of nitrogens with two attached hydrogens (primary N) is 1. The first-order valence-electron chi connectivity index (χ1n) is 6.28. The lowest BCUT2D eigenvalue weighted by molar-refractivity contribution is 0.196. The van der Waals surface area contributed by atoms with E-state index in [0.717, 1.165) is 26.1 Å². The van der Waals surface area contributed by atoms with Crippen molar-refractivity contribution in [2.45, 2.75) is 45.3 Å². The van der Waals surface area contributed by atoms with Crippen molar-refractivity contribution in [2.24, 2.45) is 5.73 Å². The third-order valence-corrected chi connectivity index (χ3v) is 3.17. The first-order valence-corrected chi connectivity index (χ1v) is 6.28. The molecule has 16 heavy (non-hydrogen) atoms. The number of likely N-dealkylation sites (tertiary alicyclic amines) is 1. The highest BCUT2D eigenvalue weighted by Crippen LogP contribution is 2.12. The molecule has 4 nitrogen and oxygen atoms in total. The summed E-state index contributed by atoms with van der Waals surface area (Å²) in [7, 11) is 0. The van der Waals surface area contributed by atoms with Gasteiger partial charge in [-0.2, -0.15) is 5.10 Å². The number of nitrogens with zero attached hydrogens (tertiary/aromatic N) is 3. The van der Waals surface area contributed by atoms with Crippen molar-refractivity contribution in [2.75, 3.05) is 13.1 Å². The summed E-state index contributed by atoms with van der Waals surface area (Å²) < 4.78 is 2.11. The van der Waals surface area contributed by atoms with Crippen LogP contribution in [-0.4, -0.2) is 33.8 Å². The lowest BCUT2D eigenvalue weighted by Gasteiger charge is -2.30. The largest absolute Gasteiger partial charge is 0.327 e. The van der Waals surface area contributed by atoms with E-state index in [-0.39, 0.29) is 0 Å². The van der Waals surface area contributed by atoms with E-state index in [9.17, 15) is 0 Å². The second-order valence-corrected chi connectivity index (χ2v) is 4.68. The van der Waals surface area contributed by atoms with Gasteiger partial charge in [-0.1, -0.05) is 6.92 Å². The van der Waals surface area contributed by atoms with Gasteiger partial charge in [-0.3, -0.25) is 9.58 Å². The number of rotatable bonds is 4. The summed E-state index contributed by atoms with van der Waals surface area (Å²) in [5.74, 6) is 0. The Labute approximate surface area is 97.4 Å². The molecule has 1 aromatic heterocycles. The van der Waals surface area contributed by atoms with Gasteiger partial charge in [-0.15, -0.1) is 0 Å². The van der Waals surface area contributed by atoms with Crippen molar-refractivity contribution >= 4 is 0 Å². The summed E-state index contributed by atoms with van der Waals surface area (Å²) in [5, 5.41) is 4.35. The van der Waals surface area contributed by atoms with E-state index in [1.54, 1.807) is 0 Å². The average Bonchev–Trinajstić information content (AvgIpc) is 2.66. The zero-order chi connectivity index (χ0) is 11.4. The van der Waals surface area contributed by atoms with Crippen LogP contribution in [0.3, 0.4) is 0 Å². The van der Waals surface area contributed by atoms with Crippen molar-refractivity contribution in [3.05, 3.63) is 18.0 Å². The smallest absolute Gasteiger partial charge is 0.0524 e. The van der Waals surface area contributed by atoms with Crippen molar-refractivity contribution in [1.29, 1.82) is 0 Å². The van der Waals surface area contributed by atoms with E-state index in [0.29, 0.717) is 6.04 Å². The summed E-state index contributed by atoms with van der Waals surface area (Å²) in [5.41, 5.74) is 7.30. The maximum absolute atomic E-state index is 5.99. The standard InChI is InChI=1S/C12H22N4/c1-2-7-16-12(5-6-14-16)10-15-8-3-4-11(13)9-15/h5-6,11H,2-4,7-10,13H2,1H3. The Bertz CT molecular complexity index is 321. The van der Waals surface area contributed by atoms with Gasteiger partial charge in [0.1, 0.15) is 0 Å². The molecule has 0 aliphatic carbocycles. The predicted octanol–water partition coefficient (Wildman–Crippen LogP) is 1.22. The van der Waals surface area contributed by atoms with Crippen molar-refractivity contribution in [1.82, 2.24) is 14.7 Å². The van der Waals surface area contributed by atoms with Crippen LogP contribution in [0.2, 0.25) is 0 Å². The molecule has 2 N–H and O–H groups in total. The molecule has 0 radical (unpaired) electrons. The highest BCUT2D eigenvalue weighted by Gasteiger charge is 2.17. The highest BCUT2D eigenvalue weighted by atomic mass is 15.3. The maximum atomic E-state index is 5.99. The van der Waals surface area contributed by atoms with Gasteiger partial charge in [-0.05, 0) is 31.9 Å². The molecular formula is C12H22N4. The Morgan fingerprint density at radius 1 is 1.56 bits per heavy atom. The molecule has 1 fully saturated rings. The van der Waals surface area contributed by atoms with Gasteiger partial charge in [-0.25, -0.2) is 0 Å². The van der Waals surface area contributed by atoms with Crippen LogP contribution < -0.4 is 5.73 Å². The molecule has 0 saturated carbocycles. The van der Waals surface area contributed by atoms with Crippen LogP contribution in [0.1, 0.15) is 31.9 Å². The molecule has 1 aliphatic heterocycles. The molecule has 1 aliphatic rings. The van der Waals surface area contributed by atoms with Gasteiger partial charge >= 0.3 is 0 Å². The van der Waals surface area contributed by atoms with Crippen LogP contribution >= 0.6 is 0 Å². The Hall–Kier alpha value is -0.870. The van der Waals surface area contributed by atoms with Gasteiger partial charge < -0.3 is 5.73 Å². The molecule has 1 unspecified atom stereocenters. The maximum Gasteiger partial charge on any atom is 0.0524 e. The Kier molecular flexibility index (Phi) is 3.96. The van der Waals surface area contributed by atoms with Crippen molar-refractivity contribution in [3.63, 3.8) is 0 Å². The molecule has 90 valence electrons. The zero-order valence-corrected chi connectivity index (χ0v) is 10.1. The number of aromatic nitrogens is 2. The van der Waals surface area contributed by atoms with E-state index in [1.807, 2.05) is 6.20 Å². The van der Waals surface area contributed by atoms with E-state index in [4.69, 9.17) is 5.73 Å². The molecule has 4 heteroatoms. The van der Waals surface area contributed by atoms with Crippen LogP contribution in [-0.2, 0) is 13.1 Å². The van der Waals surface area contributed by atoms with Gasteiger partial charge in [0.05, 0.1) is 5.69 Å². The summed E-state index contributed by atoms with van der Waals surface area (Å²) in [4.78, 5) is 2.44. The van der Waals surface area contributed by atoms with Crippen LogP contribution in [0.15, 0.2) is 12.3 Å². The lowest BCUT2D eigenvalue weighted by Crippen LogP contribution is -2.42. The average molecular weight is 222 g/mol. The van der Waals surface area contributed by atoms with Gasteiger partial charge in [0.2, 0.25) is 0 Å². The topological polar surface area (TPSA) is 47.1 Å². The highest BCUT2D eigenvalue weighted by molar-refractivity contribution is 5.01. The third kappa shape index (κ3) is 2.83. The Morgan fingerprint density at radius 2 is 2.44 bits per heavy atom. The molecule has 0 amide bonds. The fraction of sp³-hybridized carbons (Fsp3) is 0.750. The number of aryl methyl sites for hydroxylation is 1. The molecular weight excluding hydrogens is 200 g/mol. The SMILES string of the molecule is CCCn1nccc1CN1CCCC(N)C1. The molecule has 0 spiro atoms. The third-order valence-electron chi connectivity index (χ3n) is 3.17. The quantitative estimate of drug-likeness (QED) is 0.833. The zero-order valence-electron chi connectivity index (χ0n) is 10.1. The Balaban J connectivity index is 1.94. The first-order chi connectivity index (χ1) is 7.79. The van der Waals surface area contributed by atoms with Crippen LogP contribution in [0.25, 0.3) is 0 Å². The van der Waals surface area contributed by atoms with Gasteiger partial charge in [0, 0.05) is 31.9 Å². The summed E-state index contributed by atoms with van der Waals surface area (Å²) >= 11 is 0. The molecule has 1 atom stereocenters. The summed E-state index contributed by atoms with van der Waals surface area (Å²) in [6, 6.07) is 2.48. The van der Waals surface area contributed by atoms with E-state index in [2.05, 4.69) is 27.7 Å². The molecule has 2 rings (SSSR count). The summed E-state index contributed by atoms with van der Waals surface area (Å²) in [6.45, 7) is 6.39. The minimum Gasteiger partial charge on any atom is -0.327 e. The first kappa shape index (κ1) is 11.6. The number of piperidine rings is 1. The van der Waals surface area contributed by atoms with Crippen molar-refractivity contribution < 1.29 is 0 Å². The second kappa shape index (κ2) is 5.46. The van der Waals surface area contributed by atoms with Gasteiger partial charge in [0.15, 0.2) is 0 Å². The molecule has 0 aromatic carbocycles. The predicted molar refractivity (Wildman–Crippen MR) is 65.0 cm³/mol. The van der Waals surface area contributed by atoms with Crippen LogP contribution in [0, 0.1) is 0 Å². The lowest BCUT2D eigenvalue weighted by atomic mass is 10.1. The normalized spacial score (nSPS) is 22.5. The minimum atomic E-state index is 0.358. The van der Waals surface area contributed by atoms with E-state index < -0.39 is 0 Å². The minimum absolute atomic E-state index is 0.358. The van der Waals surface area contributed by atoms with Crippen molar-refractivity contribution in [3.8, 4) is 0 Å². The molecule has 1 aromatic rings. The molecule has 1 saturated heterocycles. The number of hydrogen-bond donors (Lipinski definition) is 1. The van der Waals surface area contributed by atoms with E-state index >= 15 is 0 Å². The van der Waals surface area contributed by atoms with Gasteiger partial charge in [0.25, 0.3) is 0 Å². The fourth-order valence-corrected chi connectivity index (χ4v) is 2.37. The molecule has 0 bridgehead atoms.